The first kappa shape index (κ1) is 5.92. The molecular weight excluding hydrogens is 126 g/mol. The Kier molecular flexibility index (Phi) is 1.08. The summed E-state index contributed by atoms with van der Waals surface area (Å²) >= 11 is 0. The zero-order valence-corrected chi connectivity index (χ0v) is 6.04. The lowest BCUT2D eigenvalue weighted by Crippen LogP contribution is -2.20. The number of rotatable bonds is 0. The molecule has 0 saturated heterocycles. The minimum absolute atomic E-state index is 0.310. The number of hydrogen-bond donors (Lipinski definition) is 1. The highest BCUT2D eigenvalue weighted by atomic mass is 15.0. The van der Waals surface area contributed by atoms with Crippen LogP contribution in [0, 0.1) is 0 Å². The van der Waals surface area contributed by atoms with Gasteiger partial charge in [-0.25, -0.2) is 4.98 Å². The lowest BCUT2D eigenvalue weighted by molar-refractivity contribution is 0.685. The van der Waals surface area contributed by atoms with E-state index in [1.807, 2.05) is 13.4 Å². The normalized spacial score (nSPS) is 23.2. The Labute approximate surface area is 59.9 Å². The Hall–Kier alpha value is -0.830. The molecule has 0 amide bonds. The van der Waals surface area contributed by atoms with Crippen LogP contribution in [0.1, 0.15) is 11.4 Å². The summed E-state index contributed by atoms with van der Waals surface area (Å²) in [5.74, 6) is 0. The smallest absolute Gasteiger partial charge is 0.0949 e. The Morgan fingerprint density at radius 3 is 3.20 bits per heavy atom. The van der Waals surface area contributed by atoms with Crippen LogP contribution in [-0.2, 0) is 19.9 Å². The van der Waals surface area contributed by atoms with Crippen LogP contribution in [0.4, 0.5) is 0 Å². The van der Waals surface area contributed by atoms with Crippen molar-refractivity contribution < 1.29 is 0 Å². The van der Waals surface area contributed by atoms with Crippen LogP contribution in [0.5, 0.6) is 0 Å². The van der Waals surface area contributed by atoms with Gasteiger partial charge < -0.3 is 10.3 Å². The van der Waals surface area contributed by atoms with Gasteiger partial charge in [-0.05, 0) is 0 Å². The molecule has 2 N–H and O–H groups in total. The van der Waals surface area contributed by atoms with Gasteiger partial charge in [-0.3, -0.25) is 0 Å². The summed E-state index contributed by atoms with van der Waals surface area (Å²) in [6.45, 7) is 0. The van der Waals surface area contributed by atoms with Gasteiger partial charge in [-0.15, -0.1) is 0 Å². The topological polar surface area (TPSA) is 43.8 Å². The number of fused-ring (bicyclic) bond motifs is 1. The average Bonchev–Trinajstić information content (AvgIpc) is 2.35. The van der Waals surface area contributed by atoms with E-state index in [4.69, 9.17) is 5.73 Å². The van der Waals surface area contributed by atoms with Crippen molar-refractivity contribution in [3.05, 3.63) is 17.7 Å². The van der Waals surface area contributed by atoms with Crippen LogP contribution in [0.15, 0.2) is 6.33 Å². The molecule has 1 aliphatic rings. The van der Waals surface area contributed by atoms with Gasteiger partial charge in [0.05, 0.1) is 12.0 Å². The van der Waals surface area contributed by atoms with Gasteiger partial charge in [0.15, 0.2) is 0 Å². The standard InChI is InChI=1S/C7H11N3/c1-10-4-9-6-2-5(8)3-7(6)10/h4-5H,2-3,8H2,1H3. The molecule has 1 aromatic rings. The summed E-state index contributed by atoms with van der Waals surface area (Å²) in [7, 11) is 2.02. The van der Waals surface area contributed by atoms with Gasteiger partial charge in [0.2, 0.25) is 0 Å². The molecule has 0 saturated carbocycles. The Bertz CT molecular complexity index is 251. The number of nitrogens with zero attached hydrogens (tertiary/aromatic N) is 2. The van der Waals surface area contributed by atoms with Crippen LogP contribution in [0.3, 0.4) is 0 Å². The van der Waals surface area contributed by atoms with Crippen molar-refractivity contribution in [2.24, 2.45) is 12.8 Å². The van der Waals surface area contributed by atoms with Gasteiger partial charge in [0, 0.05) is 31.6 Å². The van der Waals surface area contributed by atoms with Gasteiger partial charge in [0.25, 0.3) is 0 Å². The molecule has 0 bridgehead atoms. The van der Waals surface area contributed by atoms with Crippen molar-refractivity contribution in [3.63, 3.8) is 0 Å². The maximum Gasteiger partial charge on any atom is 0.0949 e. The second kappa shape index (κ2) is 1.83. The lowest BCUT2D eigenvalue weighted by atomic mass is 10.2. The Morgan fingerprint density at radius 1 is 1.70 bits per heavy atom. The zero-order chi connectivity index (χ0) is 7.14. The Balaban J connectivity index is 2.44. The Morgan fingerprint density at radius 2 is 2.50 bits per heavy atom. The minimum atomic E-state index is 0.310. The molecule has 0 radical (unpaired) electrons. The highest BCUT2D eigenvalue weighted by molar-refractivity contribution is 5.21. The molecule has 10 heavy (non-hydrogen) atoms. The second-order valence-corrected chi connectivity index (χ2v) is 2.92. The fraction of sp³-hybridized carbons (Fsp3) is 0.571. The first-order valence-corrected chi connectivity index (χ1v) is 3.52. The first-order chi connectivity index (χ1) is 4.77. The number of hydrogen-bond acceptors (Lipinski definition) is 2. The van der Waals surface area contributed by atoms with E-state index in [1.165, 1.54) is 11.4 Å². The summed E-state index contributed by atoms with van der Waals surface area (Å²) in [5, 5.41) is 0. The van der Waals surface area contributed by atoms with Crippen LogP contribution in [-0.4, -0.2) is 15.6 Å². The third-order valence-electron chi connectivity index (χ3n) is 2.06. The summed E-state index contributed by atoms with van der Waals surface area (Å²) in [6, 6.07) is 0.310. The molecule has 1 atom stereocenters. The van der Waals surface area contributed by atoms with E-state index in [0.717, 1.165) is 12.8 Å². The molecule has 0 aromatic carbocycles. The summed E-state index contributed by atoms with van der Waals surface area (Å²) < 4.78 is 2.06. The molecule has 0 aliphatic heterocycles. The van der Waals surface area contributed by atoms with Gasteiger partial charge in [0.1, 0.15) is 0 Å². The van der Waals surface area contributed by atoms with E-state index in [9.17, 15) is 0 Å². The van der Waals surface area contributed by atoms with Crippen molar-refractivity contribution in [3.8, 4) is 0 Å². The molecule has 0 fully saturated rings. The van der Waals surface area contributed by atoms with Crippen molar-refractivity contribution in [1.29, 1.82) is 0 Å². The average molecular weight is 137 g/mol. The summed E-state index contributed by atoms with van der Waals surface area (Å²) in [4.78, 5) is 4.23. The second-order valence-electron chi connectivity index (χ2n) is 2.92. The molecule has 1 heterocycles. The maximum atomic E-state index is 5.74. The van der Waals surface area contributed by atoms with Crippen LogP contribution in [0.2, 0.25) is 0 Å². The fourth-order valence-corrected chi connectivity index (χ4v) is 1.51. The number of nitrogens with two attached hydrogens (primary N) is 1. The zero-order valence-electron chi connectivity index (χ0n) is 6.04. The third kappa shape index (κ3) is 0.671. The van der Waals surface area contributed by atoms with Crippen molar-refractivity contribution in [2.45, 2.75) is 18.9 Å². The van der Waals surface area contributed by atoms with E-state index in [1.54, 1.807) is 0 Å². The number of aryl methyl sites for hydroxylation is 1. The maximum absolute atomic E-state index is 5.74. The molecular formula is C7H11N3. The largest absolute Gasteiger partial charge is 0.337 e. The summed E-state index contributed by atoms with van der Waals surface area (Å²) in [5.41, 5.74) is 8.25. The molecule has 54 valence electrons. The SMILES string of the molecule is Cn1cnc2c1CC(N)C2. The number of imidazole rings is 1. The van der Waals surface area contributed by atoms with E-state index >= 15 is 0 Å². The quantitative estimate of drug-likeness (QED) is 0.540. The van der Waals surface area contributed by atoms with Crippen molar-refractivity contribution >= 4 is 0 Å². The van der Waals surface area contributed by atoms with Crippen molar-refractivity contribution in [2.75, 3.05) is 0 Å². The number of aromatic nitrogens is 2. The van der Waals surface area contributed by atoms with Gasteiger partial charge in [-0.2, -0.15) is 0 Å². The van der Waals surface area contributed by atoms with Crippen LogP contribution >= 0.6 is 0 Å². The molecule has 3 nitrogen and oxygen atoms in total. The minimum Gasteiger partial charge on any atom is -0.337 e. The molecule has 1 aliphatic carbocycles. The molecule has 0 spiro atoms. The highest BCUT2D eigenvalue weighted by Gasteiger charge is 2.21. The van der Waals surface area contributed by atoms with E-state index < -0.39 is 0 Å². The molecule has 2 rings (SSSR count). The van der Waals surface area contributed by atoms with Crippen LogP contribution in [0.25, 0.3) is 0 Å². The van der Waals surface area contributed by atoms with E-state index in [0.29, 0.717) is 6.04 Å². The van der Waals surface area contributed by atoms with E-state index in [2.05, 4.69) is 9.55 Å². The predicted molar refractivity (Wildman–Crippen MR) is 38.6 cm³/mol. The fourth-order valence-electron chi connectivity index (χ4n) is 1.51. The first-order valence-electron chi connectivity index (χ1n) is 3.52. The van der Waals surface area contributed by atoms with Gasteiger partial charge in [-0.1, -0.05) is 0 Å². The van der Waals surface area contributed by atoms with Crippen LogP contribution < -0.4 is 5.73 Å². The predicted octanol–water partition coefficient (Wildman–Crippen LogP) is -0.154. The monoisotopic (exact) mass is 137 g/mol. The van der Waals surface area contributed by atoms with Gasteiger partial charge >= 0.3 is 0 Å². The van der Waals surface area contributed by atoms with E-state index in [-0.39, 0.29) is 0 Å². The molecule has 1 aromatic heterocycles. The molecule has 3 heteroatoms. The summed E-state index contributed by atoms with van der Waals surface area (Å²) in [6.07, 6.45) is 3.80. The highest BCUT2D eigenvalue weighted by Crippen LogP contribution is 2.18. The van der Waals surface area contributed by atoms with Crippen molar-refractivity contribution in [1.82, 2.24) is 9.55 Å². The third-order valence-corrected chi connectivity index (χ3v) is 2.06. The lowest BCUT2D eigenvalue weighted by Gasteiger charge is -1.98. The molecule has 1 unspecified atom stereocenters.